The van der Waals surface area contributed by atoms with Crippen molar-refractivity contribution >= 4 is 5.97 Å². The highest BCUT2D eigenvalue weighted by atomic mass is 16.6. The fraction of sp³-hybridized carbons (Fsp3) is 0.417. The zero-order chi connectivity index (χ0) is 12.0. The first-order valence-electron chi connectivity index (χ1n) is 5.21. The summed E-state index contributed by atoms with van der Waals surface area (Å²) < 4.78 is 4.79. The molecule has 0 aliphatic heterocycles. The number of hydrogen-bond donors (Lipinski definition) is 2. The number of aliphatic hydroxyl groups excluding tert-OH is 2. The zero-order valence-electron chi connectivity index (χ0n) is 9.17. The second-order valence-electron chi connectivity index (χ2n) is 3.65. The van der Waals surface area contributed by atoms with E-state index in [1.165, 1.54) is 0 Å². The van der Waals surface area contributed by atoms with Gasteiger partial charge in [0.1, 0.15) is 0 Å². The smallest absolute Gasteiger partial charge is 0.340 e. The number of esters is 1. The molecule has 0 saturated heterocycles. The van der Waals surface area contributed by atoms with Gasteiger partial charge in [-0.25, -0.2) is 4.79 Å². The molecule has 0 spiro atoms. The minimum absolute atomic E-state index is 0.232. The Balaban J connectivity index is 2.40. The summed E-state index contributed by atoms with van der Waals surface area (Å²) in [5, 5.41) is 18.4. The molecule has 16 heavy (non-hydrogen) atoms. The molecular formula is C12H16O4. The molecule has 1 rings (SSSR count). The number of rotatable bonds is 5. The molecule has 0 amide bonds. The first-order chi connectivity index (χ1) is 7.59. The summed E-state index contributed by atoms with van der Waals surface area (Å²) in [4.78, 5) is 11.5. The lowest BCUT2D eigenvalue weighted by molar-refractivity contribution is -0.0731. The van der Waals surface area contributed by atoms with Gasteiger partial charge in [-0.2, -0.15) is 0 Å². The maximum Gasteiger partial charge on any atom is 0.340 e. The normalized spacial score (nSPS) is 14.2. The Kier molecular flexibility index (Phi) is 4.95. The first-order valence-corrected chi connectivity index (χ1v) is 5.21. The highest BCUT2D eigenvalue weighted by Crippen LogP contribution is 2.07. The van der Waals surface area contributed by atoms with E-state index < -0.39 is 18.4 Å². The van der Waals surface area contributed by atoms with Crippen LogP contribution in [0.1, 0.15) is 30.1 Å². The van der Waals surface area contributed by atoms with Crippen LogP contribution >= 0.6 is 0 Å². The molecular weight excluding hydrogens is 208 g/mol. The summed E-state index contributed by atoms with van der Waals surface area (Å²) >= 11 is 0. The topological polar surface area (TPSA) is 66.8 Å². The van der Waals surface area contributed by atoms with E-state index in [0.29, 0.717) is 12.0 Å². The summed E-state index contributed by atoms with van der Waals surface area (Å²) in [6, 6.07) is 8.46. The molecule has 0 aliphatic carbocycles. The van der Waals surface area contributed by atoms with Gasteiger partial charge < -0.3 is 14.9 Å². The quantitative estimate of drug-likeness (QED) is 0.584. The Labute approximate surface area is 94.5 Å². The molecule has 88 valence electrons. The number of carbonyl (C=O) groups is 1. The van der Waals surface area contributed by atoms with Crippen LogP contribution in [-0.4, -0.2) is 28.6 Å². The van der Waals surface area contributed by atoms with E-state index in [-0.39, 0.29) is 6.42 Å². The van der Waals surface area contributed by atoms with E-state index in [1.807, 2.05) is 0 Å². The van der Waals surface area contributed by atoms with Crippen LogP contribution in [0.5, 0.6) is 0 Å². The number of ether oxygens (including phenoxy) is 1. The van der Waals surface area contributed by atoms with Crippen molar-refractivity contribution < 1.29 is 19.7 Å². The van der Waals surface area contributed by atoms with Gasteiger partial charge in [-0.1, -0.05) is 18.2 Å². The van der Waals surface area contributed by atoms with Crippen LogP contribution in [0.3, 0.4) is 0 Å². The van der Waals surface area contributed by atoms with Gasteiger partial charge in [-0.05, 0) is 25.5 Å². The molecule has 0 aliphatic rings. The zero-order valence-corrected chi connectivity index (χ0v) is 9.17. The largest absolute Gasteiger partial charge is 0.432 e. The Morgan fingerprint density at radius 3 is 2.44 bits per heavy atom. The van der Waals surface area contributed by atoms with Crippen molar-refractivity contribution in [1.29, 1.82) is 0 Å². The molecule has 0 heterocycles. The van der Waals surface area contributed by atoms with Gasteiger partial charge in [-0.3, -0.25) is 0 Å². The van der Waals surface area contributed by atoms with Crippen LogP contribution in [0.25, 0.3) is 0 Å². The third-order valence-corrected chi connectivity index (χ3v) is 2.08. The highest BCUT2D eigenvalue weighted by Gasteiger charge is 2.13. The molecule has 0 fully saturated rings. The van der Waals surface area contributed by atoms with Crippen LogP contribution in [0.4, 0.5) is 0 Å². The van der Waals surface area contributed by atoms with Crippen LogP contribution < -0.4 is 0 Å². The number of carbonyl (C=O) groups excluding carboxylic acids is 1. The lowest BCUT2D eigenvalue weighted by Crippen LogP contribution is -2.19. The van der Waals surface area contributed by atoms with Crippen molar-refractivity contribution in [3.8, 4) is 0 Å². The predicted molar refractivity (Wildman–Crippen MR) is 58.8 cm³/mol. The molecule has 2 unspecified atom stereocenters. The van der Waals surface area contributed by atoms with Gasteiger partial charge in [0.2, 0.25) is 6.29 Å². The van der Waals surface area contributed by atoms with E-state index >= 15 is 0 Å². The predicted octanol–water partition coefficient (Wildman–Crippen LogP) is 1.32. The first kappa shape index (κ1) is 12.7. The van der Waals surface area contributed by atoms with E-state index in [9.17, 15) is 9.90 Å². The van der Waals surface area contributed by atoms with Crippen molar-refractivity contribution in [3.05, 3.63) is 35.9 Å². The van der Waals surface area contributed by atoms with Crippen LogP contribution in [0.2, 0.25) is 0 Å². The van der Waals surface area contributed by atoms with Crippen LogP contribution in [-0.2, 0) is 4.74 Å². The monoisotopic (exact) mass is 224 g/mol. The third kappa shape index (κ3) is 4.42. The van der Waals surface area contributed by atoms with Gasteiger partial charge in [-0.15, -0.1) is 0 Å². The number of hydrogen-bond acceptors (Lipinski definition) is 4. The van der Waals surface area contributed by atoms with E-state index in [4.69, 9.17) is 9.84 Å². The Bertz CT molecular complexity index is 321. The summed E-state index contributed by atoms with van der Waals surface area (Å²) in [5.41, 5.74) is 0.401. The molecule has 0 saturated carbocycles. The average Bonchev–Trinajstić information content (AvgIpc) is 2.27. The molecule has 1 aromatic carbocycles. The van der Waals surface area contributed by atoms with Crippen molar-refractivity contribution in [2.45, 2.75) is 32.2 Å². The lowest BCUT2D eigenvalue weighted by Gasteiger charge is -2.12. The van der Waals surface area contributed by atoms with E-state index in [0.717, 1.165) is 0 Å². The second-order valence-corrected chi connectivity index (χ2v) is 3.65. The third-order valence-electron chi connectivity index (χ3n) is 2.08. The summed E-state index contributed by atoms with van der Waals surface area (Å²) in [6.07, 6.45) is -1.05. The molecule has 0 bridgehead atoms. The Morgan fingerprint density at radius 2 is 1.88 bits per heavy atom. The molecule has 4 nitrogen and oxygen atoms in total. The lowest BCUT2D eigenvalue weighted by atomic mass is 10.2. The van der Waals surface area contributed by atoms with Gasteiger partial charge in [0, 0.05) is 6.42 Å². The van der Waals surface area contributed by atoms with Crippen molar-refractivity contribution in [3.63, 3.8) is 0 Å². The SMILES string of the molecule is CC(O)CCC(O)OC(=O)c1ccccc1. The maximum atomic E-state index is 11.5. The van der Waals surface area contributed by atoms with E-state index in [1.54, 1.807) is 37.3 Å². The van der Waals surface area contributed by atoms with Crippen molar-refractivity contribution in [2.75, 3.05) is 0 Å². The Morgan fingerprint density at radius 1 is 1.25 bits per heavy atom. The van der Waals surface area contributed by atoms with Crippen molar-refractivity contribution in [2.24, 2.45) is 0 Å². The fourth-order valence-electron chi connectivity index (χ4n) is 1.21. The number of aliphatic hydroxyl groups is 2. The molecule has 1 aromatic rings. The van der Waals surface area contributed by atoms with Gasteiger partial charge >= 0.3 is 5.97 Å². The summed E-state index contributed by atoms with van der Waals surface area (Å²) in [5.74, 6) is -0.557. The maximum absolute atomic E-state index is 11.5. The second kappa shape index (κ2) is 6.25. The van der Waals surface area contributed by atoms with Crippen LogP contribution in [0, 0.1) is 0 Å². The molecule has 0 radical (unpaired) electrons. The standard InChI is InChI=1S/C12H16O4/c1-9(13)7-8-11(14)16-12(15)10-5-3-2-4-6-10/h2-6,9,11,13-14H,7-8H2,1H3. The molecule has 2 N–H and O–H groups in total. The molecule has 0 aromatic heterocycles. The molecule has 4 heteroatoms. The molecule has 2 atom stereocenters. The minimum Gasteiger partial charge on any atom is -0.432 e. The summed E-state index contributed by atoms with van der Waals surface area (Å²) in [6.45, 7) is 1.62. The Hall–Kier alpha value is -1.39. The average molecular weight is 224 g/mol. The number of benzene rings is 1. The minimum atomic E-state index is -1.16. The highest BCUT2D eigenvalue weighted by molar-refractivity contribution is 5.89. The van der Waals surface area contributed by atoms with Gasteiger partial charge in [0.25, 0.3) is 0 Å². The fourth-order valence-corrected chi connectivity index (χ4v) is 1.21. The van der Waals surface area contributed by atoms with Gasteiger partial charge in [0.05, 0.1) is 11.7 Å². The van der Waals surface area contributed by atoms with Crippen LogP contribution in [0.15, 0.2) is 30.3 Å². The van der Waals surface area contributed by atoms with E-state index in [2.05, 4.69) is 0 Å². The van der Waals surface area contributed by atoms with Crippen molar-refractivity contribution in [1.82, 2.24) is 0 Å². The van der Waals surface area contributed by atoms with Gasteiger partial charge in [0.15, 0.2) is 0 Å². The summed E-state index contributed by atoms with van der Waals surface area (Å²) in [7, 11) is 0.